The van der Waals surface area contributed by atoms with Crippen LogP contribution in [0.3, 0.4) is 0 Å². The molecular weight excluding hydrogens is 263 g/mol. The van der Waals surface area contributed by atoms with Crippen molar-refractivity contribution in [1.29, 1.82) is 0 Å². The molecule has 2 heterocycles. The maximum absolute atomic E-state index is 12.9. The van der Waals surface area contributed by atoms with Crippen molar-refractivity contribution in [2.75, 3.05) is 13.1 Å². The van der Waals surface area contributed by atoms with Gasteiger partial charge in [-0.2, -0.15) is 4.31 Å². The first-order valence-electron chi connectivity index (χ1n) is 5.25. The first-order chi connectivity index (χ1) is 8.41. The highest BCUT2D eigenvalue weighted by atomic mass is 32.2. The zero-order chi connectivity index (χ0) is 13.3. The molecule has 1 aromatic rings. The molecule has 0 aliphatic carbocycles. The average molecular weight is 274 g/mol. The van der Waals surface area contributed by atoms with Crippen molar-refractivity contribution in [1.82, 2.24) is 9.29 Å². The second kappa shape index (κ2) is 4.62. The molecule has 98 valence electrons. The lowest BCUT2D eigenvalue weighted by Gasteiger charge is -2.15. The molecule has 1 aromatic heterocycles. The fraction of sp³-hybridized carbons (Fsp3) is 0.400. The van der Waals surface area contributed by atoms with Crippen molar-refractivity contribution in [3.05, 3.63) is 24.3 Å². The summed E-state index contributed by atoms with van der Waals surface area (Å²) < 4.78 is 38.2. The van der Waals surface area contributed by atoms with E-state index in [-0.39, 0.29) is 24.4 Å². The van der Waals surface area contributed by atoms with E-state index in [0.717, 1.165) is 22.8 Å². The molecule has 1 aliphatic heterocycles. The number of nitrogens with zero attached hydrogens (tertiary/aromatic N) is 2. The van der Waals surface area contributed by atoms with Crippen LogP contribution in [0.2, 0.25) is 0 Å². The van der Waals surface area contributed by atoms with E-state index in [2.05, 4.69) is 4.98 Å². The molecule has 0 amide bonds. The molecule has 1 unspecified atom stereocenters. The van der Waals surface area contributed by atoms with E-state index in [9.17, 15) is 17.6 Å². The highest BCUT2D eigenvalue weighted by Gasteiger charge is 2.36. The summed E-state index contributed by atoms with van der Waals surface area (Å²) in [5.41, 5.74) is 0. The van der Waals surface area contributed by atoms with Crippen LogP contribution in [-0.2, 0) is 14.8 Å². The molecule has 8 heteroatoms. The van der Waals surface area contributed by atoms with E-state index in [1.165, 1.54) is 0 Å². The number of carboxylic acids is 1. The Bertz CT molecular complexity index is 575. The van der Waals surface area contributed by atoms with Crippen LogP contribution in [0.15, 0.2) is 23.4 Å². The van der Waals surface area contributed by atoms with Crippen molar-refractivity contribution >= 4 is 16.0 Å². The zero-order valence-corrected chi connectivity index (χ0v) is 10.1. The summed E-state index contributed by atoms with van der Waals surface area (Å²) in [5, 5.41) is 8.82. The Hall–Kier alpha value is -1.54. The second-order valence-electron chi connectivity index (χ2n) is 4.03. The Kier molecular flexibility index (Phi) is 3.31. The van der Waals surface area contributed by atoms with Gasteiger partial charge in [0.05, 0.1) is 12.1 Å². The Morgan fingerprint density at radius 1 is 1.50 bits per heavy atom. The second-order valence-corrected chi connectivity index (χ2v) is 5.96. The molecule has 0 aromatic carbocycles. The van der Waals surface area contributed by atoms with Gasteiger partial charge < -0.3 is 5.11 Å². The van der Waals surface area contributed by atoms with Crippen LogP contribution in [0.25, 0.3) is 0 Å². The Balaban J connectivity index is 2.25. The number of carbonyl (C=O) groups is 1. The molecular formula is C10H11FN2O4S. The van der Waals surface area contributed by atoms with Crippen LogP contribution in [-0.4, -0.2) is 41.9 Å². The number of sulfonamides is 1. The summed E-state index contributed by atoms with van der Waals surface area (Å²) in [4.78, 5) is 14.0. The van der Waals surface area contributed by atoms with Crippen LogP contribution >= 0.6 is 0 Å². The minimum absolute atomic E-state index is 0.0891. The fourth-order valence-electron chi connectivity index (χ4n) is 1.83. The van der Waals surface area contributed by atoms with Gasteiger partial charge in [0.15, 0.2) is 0 Å². The molecule has 0 saturated carbocycles. The van der Waals surface area contributed by atoms with Gasteiger partial charge in [-0.3, -0.25) is 9.78 Å². The van der Waals surface area contributed by atoms with Gasteiger partial charge in [-0.1, -0.05) is 0 Å². The van der Waals surface area contributed by atoms with Gasteiger partial charge in [-0.25, -0.2) is 12.8 Å². The van der Waals surface area contributed by atoms with E-state index in [1.54, 1.807) is 0 Å². The van der Waals surface area contributed by atoms with Crippen molar-refractivity contribution in [3.63, 3.8) is 0 Å². The summed E-state index contributed by atoms with van der Waals surface area (Å²) in [5.74, 6) is -2.48. The molecule has 0 bridgehead atoms. The smallest absolute Gasteiger partial charge is 0.307 e. The van der Waals surface area contributed by atoms with E-state index in [4.69, 9.17) is 5.11 Å². The first kappa shape index (κ1) is 12.9. The number of hydrogen-bond donors (Lipinski definition) is 1. The third-order valence-corrected chi connectivity index (χ3v) is 4.65. The van der Waals surface area contributed by atoms with Crippen molar-refractivity contribution < 1.29 is 22.7 Å². The number of aromatic nitrogens is 1. The predicted molar refractivity (Wildman–Crippen MR) is 58.7 cm³/mol. The van der Waals surface area contributed by atoms with Crippen LogP contribution in [0.4, 0.5) is 4.39 Å². The molecule has 1 fully saturated rings. The Morgan fingerprint density at radius 2 is 2.22 bits per heavy atom. The number of hydrogen-bond acceptors (Lipinski definition) is 4. The van der Waals surface area contributed by atoms with Crippen LogP contribution in [0.5, 0.6) is 0 Å². The monoisotopic (exact) mass is 274 g/mol. The van der Waals surface area contributed by atoms with Crippen molar-refractivity contribution in [2.24, 2.45) is 5.92 Å². The van der Waals surface area contributed by atoms with Gasteiger partial charge in [0, 0.05) is 19.3 Å². The minimum Gasteiger partial charge on any atom is -0.481 e. The lowest BCUT2D eigenvalue weighted by molar-refractivity contribution is -0.141. The normalized spacial score (nSPS) is 21.1. The zero-order valence-electron chi connectivity index (χ0n) is 9.28. The van der Waals surface area contributed by atoms with Gasteiger partial charge in [0.2, 0.25) is 10.0 Å². The third kappa shape index (κ3) is 2.34. The van der Waals surface area contributed by atoms with Gasteiger partial charge in [0.25, 0.3) is 0 Å². The maximum atomic E-state index is 12.9. The molecule has 0 radical (unpaired) electrons. The lowest BCUT2D eigenvalue weighted by Crippen LogP contribution is -2.30. The van der Waals surface area contributed by atoms with E-state index in [0.29, 0.717) is 0 Å². The van der Waals surface area contributed by atoms with E-state index in [1.807, 2.05) is 0 Å². The number of aliphatic carboxylic acids is 1. The number of rotatable bonds is 3. The van der Waals surface area contributed by atoms with Gasteiger partial charge in [-0.15, -0.1) is 0 Å². The topological polar surface area (TPSA) is 87.6 Å². The predicted octanol–water partition coefficient (Wildman–Crippen LogP) is 0.316. The molecule has 1 aliphatic rings. The average Bonchev–Trinajstić information content (AvgIpc) is 2.79. The molecule has 6 nitrogen and oxygen atoms in total. The molecule has 0 spiro atoms. The fourth-order valence-corrected chi connectivity index (χ4v) is 3.31. The van der Waals surface area contributed by atoms with Crippen molar-refractivity contribution in [3.8, 4) is 0 Å². The van der Waals surface area contributed by atoms with E-state index >= 15 is 0 Å². The molecule has 18 heavy (non-hydrogen) atoms. The largest absolute Gasteiger partial charge is 0.481 e. The standard InChI is InChI=1S/C10H11FN2O4S/c11-8-3-9(5-12-4-8)18(16,17)13-2-1-7(6-13)10(14)15/h3-5,7H,1-2,6H2,(H,14,15). The number of carboxylic acid groups (broad SMARTS) is 1. The Labute approximate surface area is 103 Å². The first-order valence-corrected chi connectivity index (χ1v) is 6.69. The quantitative estimate of drug-likeness (QED) is 0.857. The van der Waals surface area contributed by atoms with Crippen LogP contribution in [0, 0.1) is 11.7 Å². The molecule has 1 saturated heterocycles. The third-order valence-electron chi connectivity index (χ3n) is 2.82. The SMILES string of the molecule is O=C(O)C1CCN(S(=O)(=O)c2cncc(F)c2)C1. The number of halogens is 1. The summed E-state index contributed by atoms with van der Waals surface area (Å²) >= 11 is 0. The summed E-state index contributed by atoms with van der Waals surface area (Å²) in [6.45, 7) is 0.0317. The van der Waals surface area contributed by atoms with E-state index < -0.39 is 27.7 Å². The Morgan fingerprint density at radius 3 is 2.78 bits per heavy atom. The van der Waals surface area contributed by atoms with Crippen LogP contribution < -0.4 is 0 Å². The molecule has 1 N–H and O–H groups in total. The van der Waals surface area contributed by atoms with Gasteiger partial charge >= 0.3 is 5.97 Å². The lowest BCUT2D eigenvalue weighted by atomic mass is 10.1. The number of pyridine rings is 1. The highest BCUT2D eigenvalue weighted by molar-refractivity contribution is 7.89. The van der Waals surface area contributed by atoms with Crippen LogP contribution in [0.1, 0.15) is 6.42 Å². The summed E-state index contributed by atoms with van der Waals surface area (Å²) in [6.07, 6.45) is 2.22. The van der Waals surface area contributed by atoms with Crippen molar-refractivity contribution in [2.45, 2.75) is 11.3 Å². The highest BCUT2D eigenvalue weighted by Crippen LogP contribution is 2.24. The van der Waals surface area contributed by atoms with Gasteiger partial charge in [-0.05, 0) is 12.5 Å². The van der Waals surface area contributed by atoms with Gasteiger partial charge in [0.1, 0.15) is 10.7 Å². The molecule has 1 atom stereocenters. The summed E-state index contributed by atoms with van der Waals surface area (Å²) in [7, 11) is -3.86. The minimum atomic E-state index is -3.86. The maximum Gasteiger partial charge on any atom is 0.307 e. The molecule has 2 rings (SSSR count). The summed E-state index contributed by atoms with van der Waals surface area (Å²) in [6, 6.07) is 0.871.